The zero-order valence-corrected chi connectivity index (χ0v) is 16.3. The Bertz CT molecular complexity index is 757. The van der Waals surface area contributed by atoms with Gasteiger partial charge < -0.3 is 10.1 Å². The number of anilines is 1. The number of nitrogens with zero attached hydrogens (tertiary/aromatic N) is 3. The van der Waals surface area contributed by atoms with E-state index in [0.717, 1.165) is 44.7 Å². The molecular formula is C20H25ClN4O2. The highest BCUT2D eigenvalue weighted by molar-refractivity contribution is 6.32. The van der Waals surface area contributed by atoms with Crippen LogP contribution in [0.25, 0.3) is 0 Å². The fourth-order valence-electron chi connectivity index (χ4n) is 3.44. The number of nitrogens with one attached hydrogen (secondary N) is 1. The normalized spacial score (nSPS) is 17.5. The number of rotatable bonds is 7. The molecule has 3 rings (SSSR count). The van der Waals surface area contributed by atoms with Crippen LogP contribution in [0, 0.1) is 5.92 Å². The van der Waals surface area contributed by atoms with Crippen molar-refractivity contribution in [2.75, 3.05) is 25.5 Å². The molecule has 1 N–H and O–H groups in total. The van der Waals surface area contributed by atoms with E-state index in [4.69, 9.17) is 16.3 Å². The summed E-state index contributed by atoms with van der Waals surface area (Å²) in [5, 5.41) is 3.40. The summed E-state index contributed by atoms with van der Waals surface area (Å²) >= 11 is 6.10. The number of amides is 1. The first-order valence-corrected chi connectivity index (χ1v) is 9.63. The van der Waals surface area contributed by atoms with Crippen LogP contribution in [-0.4, -0.2) is 41.0 Å². The van der Waals surface area contributed by atoms with E-state index in [1.807, 2.05) is 6.07 Å². The van der Waals surface area contributed by atoms with E-state index in [1.54, 1.807) is 37.7 Å². The molecule has 27 heavy (non-hydrogen) atoms. The van der Waals surface area contributed by atoms with Gasteiger partial charge in [0.15, 0.2) is 0 Å². The van der Waals surface area contributed by atoms with E-state index >= 15 is 0 Å². The third kappa shape index (κ3) is 5.91. The van der Waals surface area contributed by atoms with Gasteiger partial charge in [0, 0.05) is 31.0 Å². The van der Waals surface area contributed by atoms with Crippen molar-refractivity contribution in [3.05, 3.63) is 47.5 Å². The van der Waals surface area contributed by atoms with E-state index in [2.05, 4.69) is 20.2 Å². The summed E-state index contributed by atoms with van der Waals surface area (Å²) in [5.74, 6) is 1.99. The Labute approximate surface area is 164 Å². The number of halogens is 1. The van der Waals surface area contributed by atoms with Gasteiger partial charge in [-0.15, -0.1) is 0 Å². The first kappa shape index (κ1) is 19.6. The largest absolute Gasteiger partial charge is 0.495 e. The van der Waals surface area contributed by atoms with Crippen LogP contribution in [0.15, 0.2) is 36.7 Å². The molecule has 1 aliphatic rings. The summed E-state index contributed by atoms with van der Waals surface area (Å²) in [6, 6.07) is 7.09. The maximum Gasteiger partial charge on any atom is 0.224 e. The van der Waals surface area contributed by atoms with Crippen LogP contribution in [0.1, 0.15) is 31.5 Å². The number of carbonyl (C=O) groups is 1. The Morgan fingerprint density at radius 2 is 2.19 bits per heavy atom. The van der Waals surface area contributed by atoms with Crippen molar-refractivity contribution in [2.24, 2.45) is 5.92 Å². The predicted molar refractivity (Wildman–Crippen MR) is 106 cm³/mol. The van der Waals surface area contributed by atoms with Gasteiger partial charge in [0.2, 0.25) is 5.91 Å². The molecule has 0 saturated carbocycles. The molecule has 1 amide bonds. The molecule has 1 aromatic heterocycles. The zero-order valence-electron chi connectivity index (χ0n) is 15.5. The second-order valence-corrected chi connectivity index (χ2v) is 7.25. The van der Waals surface area contributed by atoms with Crippen molar-refractivity contribution in [1.29, 1.82) is 0 Å². The number of piperidine rings is 1. The summed E-state index contributed by atoms with van der Waals surface area (Å²) < 4.78 is 5.13. The molecule has 144 valence electrons. The quantitative estimate of drug-likeness (QED) is 0.782. The Morgan fingerprint density at radius 1 is 1.37 bits per heavy atom. The molecule has 7 heteroatoms. The second-order valence-electron chi connectivity index (χ2n) is 6.84. The molecule has 1 atom stereocenters. The first-order chi connectivity index (χ1) is 13.1. The number of aromatic nitrogens is 2. The van der Waals surface area contributed by atoms with E-state index in [9.17, 15) is 4.79 Å². The summed E-state index contributed by atoms with van der Waals surface area (Å²) in [4.78, 5) is 23.3. The second kappa shape index (κ2) is 9.67. The van der Waals surface area contributed by atoms with Crippen LogP contribution in [0.3, 0.4) is 0 Å². The van der Waals surface area contributed by atoms with Crippen LogP contribution >= 0.6 is 11.6 Å². The lowest BCUT2D eigenvalue weighted by Gasteiger charge is -2.32. The molecule has 1 fully saturated rings. The summed E-state index contributed by atoms with van der Waals surface area (Å²) in [5.41, 5.74) is 0.692. The third-order valence-corrected chi connectivity index (χ3v) is 5.10. The molecule has 0 aliphatic carbocycles. The van der Waals surface area contributed by atoms with Crippen molar-refractivity contribution < 1.29 is 9.53 Å². The van der Waals surface area contributed by atoms with Crippen molar-refractivity contribution in [3.8, 4) is 5.75 Å². The molecule has 0 radical (unpaired) electrons. The number of carbonyl (C=O) groups excluding carboxylic acids is 1. The smallest absolute Gasteiger partial charge is 0.224 e. The molecule has 1 aliphatic heterocycles. The lowest BCUT2D eigenvalue weighted by molar-refractivity contribution is -0.116. The van der Waals surface area contributed by atoms with Gasteiger partial charge >= 0.3 is 0 Å². The number of benzene rings is 1. The van der Waals surface area contributed by atoms with Crippen molar-refractivity contribution in [3.63, 3.8) is 0 Å². The van der Waals surface area contributed by atoms with Crippen LogP contribution in [0.5, 0.6) is 5.75 Å². The lowest BCUT2D eigenvalue weighted by Crippen LogP contribution is -2.35. The van der Waals surface area contributed by atoms with Crippen molar-refractivity contribution >= 4 is 23.2 Å². The number of likely N-dealkylation sites (tertiary alicyclic amines) is 1. The highest BCUT2D eigenvalue weighted by atomic mass is 35.5. The van der Waals surface area contributed by atoms with Gasteiger partial charge in [0.1, 0.15) is 11.6 Å². The summed E-state index contributed by atoms with van der Waals surface area (Å²) in [7, 11) is 1.57. The van der Waals surface area contributed by atoms with Gasteiger partial charge in [-0.3, -0.25) is 9.69 Å². The fourth-order valence-corrected chi connectivity index (χ4v) is 3.70. The van der Waals surface area contributed by atoms with Gasteiger partial charge in [0.05, 0.1) is 18.7 Å². The zero-order chi connectivity index (χ0) is 19.1. The van der Waals surface area contributed by atoms with Crippen molar-refractivity contribution in [2.45, 2.75) is 32.2 Å². The average Bonchev–Trinajstić information content (AvgIpc) is 2.68. The van der Waals surface area contributed by atoms with Gasteiger partial charge in [-0.1, -0.05) is 11.6 Å². The van der Waals surface area contributed by atoms with E-state index in [-0.39, 0.29) is 5.91 Å². The van der Waals surface area contributed by atoms with Crippen molar-refractivity contribution in [1.82, 2.24) is 14.9 Å². The minimum Gasteiger partial charge on any atom is -0.495 e. The summed E-state index contributed by atoms with van der Waals surface area (Å²) in [6.45, 7) is 2.82. The van der Waals surface area contributed by atoms with E-state index < -0.39 is 0 Å². The lowest BCUT2D eigenvalue weighted by atomic mass is 9.93. The minimum absolute atomic E-state index is 0.0137. The predicted octanol–water partition coefficient (Wildman–Crippen LogP) is 3.77. The Morgan fingerprint density at radius 3 is 2.93 bits per heavy atom. The highest BCUT2D eigenvalue weighted by Gasteiger charge is 2.21. The van der Waals surface area contributed by atoms with Crippen LogP contribution in [0.2, 0.25) is 5.02 Å². The first-order valence-electron chi connectivity index (χ1n) is 9.25. The Hall–Kier alpha value is -2.18. The number of hydrogen-bond donors (Lipinski definition) is 1. The molecule has 6 nitrogen and oxygen atoms in total. The van der Waals surface area contributed by atoms with Crippen LogP contribution in [0.4, 0.5) is 5.69 Å². The third-order valence-electron chi connectivity index (χ3n) is 4.80. The van der Waals surface area contributed by atoms with E-state index in [0.29, 0.717) is 28.8 Å². The molecule has 1 saturated heterocycles. The number of hydrogen-bond acceptors (Lipinski definition) is 5. The van der Waals surface area contributed by atoms with Gasteiger partial charge in [-0.25, -0.2) is 9.97 Å². The number of methoxy groups -OCH3 is 1. The SMILES string of the molecule is COc1ccc(NC(=O)CC[C@@H]2CCCN(Cc3ncccn3)C2)cc1Cl. The van der Waals surface area contributed by atoms with Gasteiger partial charge in [-0.05, 0) is 56.0 Å². The molecule has 0 bridgehead atoms. The fraction of sp³-hybridized carbons (Fsp3) is 0.450. The van der Waals surface area contributed by atoms with Crippen LogP contribution < -0.4 is 10.1 Å². The summed E-state index contributed by atoms with van der Waals surface area (Å²) in [6.07, 6.45) is 7.24. The maximum atomic E-state index is 12.3. The standard InChI is InChI=1S/C20H25ClN4O2/c1-27-18-7-6-16(12-17(18)21)24-20(26)8-5-15-4-2-11-25(13-15)14-19-22-9-3-10-23-19/h3,6-7,9-10,12,15H,2,4-5,8,11,13-14H2,1H3,(H,24,26)/t15-/m0/s1. The maximum absolute atomic E-state index is 12.3. The molecule has 2 aromatic rings. The monoisotopic (exact) mass is 388 g/mol. The molecule has 2 heterocycles. The van der Waals surface area contributed by atoms with Gasteiger partial charge in [-0.2, -0.15) is 0 Å². The highest BCUT2D eigenvalue weighted by Crippen LogP contribution is 2.27. The molecular weight excluding hydrogens is 364 g/mol. The molecule has 0 spiro atoms. The Balaban J connectivity index is 1.45. The van der Waals surface area contributed by atoms with E-state index in [1.165, 1.54) is 0 Å². The minimum atomic E-state index is 0.0137. The Kier molecular flexibility index (Phi) is 7.01. The molecule has 0 unspecified atom stereocenters. The topological polar surface area (TPSA) is 67.3 Å². The van der Waals surface area contributed by atoms with Gasteiger partial charge in [0.25, 0.3) is 0 Å². The van der Waals surface area contributed by atoms with Crippen LogP contribution in [-0.2, 0) is 11.3 Å². The molecule has 1 aromatic carbocycles. The average molecular weight is 389 g/mol. The number of ether oxygens (including phenoxy) is 1.